The molecule has 0 aromatic rings. The van der Waals surface area contributed by atoms with Crippen molar-refractivity contribution < 1.29 is 4.74 Å². The fourth-order valence-corrected chi connectivity index (χ4v) is 0.626. The Labute approximate surface area is 63.7 Å². The molecule has 0 aliphatic carbocycles. The first kappa shape index (κ1) is 9.92. The van der Waals surface area contributed by atoms with Gasteiger partial charge in [0, 0.05) is 18.8 Å². The summed E-state index contributed by atoms with van der Waals surface area (Å²) in [4.78, 5) is 0. The molecule has 0 saturated heterocycles. The van der Waals surface area contributed by atoms with E-state index in [1.165, 1.54) is 0 Å². The summed E-state index contributed by atoms with van der Waals surface area (Å²) in [6.07, 6.45) is 1.97. The van der Waals surface area contributed by atoms with Crippen molar-refractivity contribution in [2.45, 2.75) is 39.2 Å². The molecule has 10 heavy (non-hydrogen) atoms. The molecule has 0 bridgehead atoms. The van der Waals surface area contributed by atoms with Gasteiger partial charge in [-0.05, 0) is 26.7 Å². The minimum absolute atomic E-state index is 0.0326. The largest absolute Gasteiger partial charge is 0.382 e. The highest BCUT2D eigenvalue weighted by molar-refractivity contribution is 4.75. The van der Waals surface area contributed by atoms with E-state index in [-0.39, 0.29) is 5.54 Å². The molecule has 0 aromatic carbocycles. The molecule has 2 heteroatoms. The van der Waals surface area contributed by atoms with Gasteiger partial charge in [-0.25, -0.2) is 0 Å². The lowest BCUT2D eigenvalue weighted by Crippen LogP contribution is -2.36. The first-order valence-electron chi connectivity index (χ1n) is 3.99. The van der Waals surface area contributed by atoms with E-state index >= 15 is 0 Å². The van der Waals surface area contributed by atoms with Crippen molar-refractivity contribution in [3.63, 3.8) is 0 Å². The fourth-order valence-electron chi connectivity index (χ4n) is 0.626. The number of ether oxygens (including phenoxy) is 1. The second-order valence-electron chi connectivity index (χ2n) is 2.95. The molecule has 0 heterocycles. The Hall–Kier alpha value is -0.0800. The lowest BCUT2D eigenvalue weighted by atomic mass is 9.97. The summed E-state index contributed by atoms with van der Waals surface area (Å²) in [5.41, 5.74) is 5.84. The van der Waals surface area contributed by atoms with Gasteiger partial charge in [-0.2, -0.15) is 0 Å². The van der Waals surface area contributed by atoms with Gasteiger partial charge in [-0.15, -0.1) is 0 Å². The predicted molar refractivity (Wildman–Crippen MR) is 44.0 cm³/mol. The van der Waals surface area contributed by atoms with Gasteiger partial charge < -0.3 is 10.5 Å². The topological polar surface area (TPSA) is 35.2 Å². The van der Waals surface area contributed by atoms with Crippen LogP contribution in [0.25, 0.3) is 0 Å². The summed E-state index contributed by atoms with van der Waals surface area (Å²) in [6, 6.07) is 0. The molecular weight excluding hydrogens is 126 g/mol. The third kappa shape index (κ3) is 4.77. The van der Waals surface area contributed by atoms with Crippen LogP contribution in [0.2, 0.25) is 0 Å². The van der Waals surface area contributed by atoms with Crippen LogP contribution in [0.15, 0.2) is 0 Å². The van der Waals surface area contributed by atoms with Crippen LogP contribution in [-0.2, 0) is 4.74 Å². The van der Waals surface area contributed by atoms with Gasteiger partial charge in [0.25, 0.3) is 0 Å². The summed E-state index contributed by atoms with van der Waals surface area (Å²) in [5.74, 6) is 0. The van der Waals surface area contributed by atoms with Crippen molar-refractivity contribution in [3.8, 4) is 0 Å². The van der Waals surface area contributed by atoms with Gasteiger partial charge in [0.2, 0.25) is 0 Å². The standard InChI is InChI=1S/C8H19NO/c1-4-8(3,9)6-7-10-5-2/h4-7,9H2,1-3H3. The van der Waals surface area contributed by atoms with E-state index < -0.39 is 0 Å². The van der Waals surface area contributed by atoms with Gasteiger partial charge in [-0.3, -0.25) is 0 Å². The minimum atomic E-state index is -0.0326. The number of hydrogen-bond acceptors (Lipinski definition) is 2. The minimum Gasteiger partial charge on any atom is -0.382 e. The maximum absolute atomic E-state index is 5.88. The van der Waals surface area contributed by atoms with Crippen molar-refractivity contribution in [3.05, 3.63) is 0 Å². The molecule has 0 aromatic heterocycles. The number of rotatable bonds is 5. The SMILES string of the molecule is CCOCCC(C)(N)CC. The summed E-state index contributed by atoms with van der Waals surface area (Å²) >= 11 is 0. The Morgan fingerprint density at radius 2 is 2.00 bits per heavy atom. The number of hydrogen-bond donors (Lipinski definition) is 1. The zero-order chi connectivity index (χ0) is 8.04. The van der Waals surface area contributed by atoms with Crippen LogP contribution in [0.5, 0.6) is 0 Å². The lowest BCUT2D eigenvalue weighted by molar-refractivity contribution is 0.127. The third-order valence-corrected chi connectivity index (χ3v) is 1.83. The average Bonchev–Trinajstić information content (AvgIpc) is 1.89. The summed E-state index contributed by atoms with van der Waals surface area (Å²) in [5, 5.41) is 0. The molecule has 0 aliphatic heterocycles. The summed E-state index contributed by atoms with van der Waals surface area (Å²) in [6.45, 7) is 7.74. The van der Waals surface area contributed by atoms with Crippen molar-refractivity contribution in [1.82, 2.24) is 0 Å². The first-order chi connectivity index (χ1) is 4.62. The highest BCUT2D eigenvalue weighted by atomic mass is 16.5. The third-order valence-electron chi connectivity index (χ3n) is 1.83. The fraction of sp³-hybridized carbons (Fsp3) is 1.00. The van der Waals surface area contributed by atoms with E-state index in [2.05, 4.69) is 13.8 Å². The summed E-state index contributed by atoms with van der Waals surface area (Å²) < 4.78 is 5.19. The molecule has 0 spiro atoms. The molecule has 2 N–H and O–H groups in total. The van der Waals surface area contributed by atoms with Crippen LogP contribution in [-0.4, -0.2) is 18.8 Å². The van der Waals surface area contributed by atoms with Crippen LogP contribution in [0.4, 0.5) is 0 Å². The monoisotopic (exact) mass is 145 g/mol. The summed E-state index contributed by atoms with van der Waals surface area (Å²) in [7, 11) is 0. The van der Waals surface area contributed by atoms with Gasteiger partial charge >= 0.3 is 0 Å². The zero-order valence-electron chi connectivity index (χ0n) is 7.31. The molecule has 2 nitrogen and oxygen atoms in total. The Morgan fingerprint density at radius 3 is 2.40 bits per heavy atom. The van der Waals surface area contributed by atoms with Crippen LogP contribution < -0.4 is 5.73 Å². The molecular formula is C8H19NO. The normalized spacial score (nSPS) is 16.8. The van der Waals surface area contributed by atoms with Crippen molar-refractivity contribution in [2.24, 2.45) is 5.73 Å². The van der Waals surface area contributed by atoms with Gasteiger partial charge in [-0.1, -0.05) is 6.92 Å². The molecule has 0 radical (unpaired) electrons. The van der Waals surface area contributed by atoms with Crippen LogP contribution >= 0.6 is 0 Å². The van der Waals surface area contributed by atoms with Gasteiger partial charge in [0.1, 0.15) is 0 Å². The first-order valence-corrected chi connectivity index (χ1v) is 3.99. The zero-order valence-corrected chi connectivity index (χ0v) is 7.31. The quantitative estimate of drug-likeness (QED) is 0.595. The van der Waals surface area contributed by atoms with E-state index in [1.54, 1.807) is 0 Å². The maximum atomic E-state index is 5.88. The van der Waals surface area contributed by atoms with Crippen molar-refractivity contribution in [1.29, 1.82) is 0 Å². The van der Waals surface area contributed by atoms with Crippen molar-refractivity contribution in [2.75, 3.05) is 13.2 Å². The van der Waals surface area contributed by atoms with Gasteiger partial charge in [0.15, 0.2) is 0 Å². The van der Waals surface area contributed by atoms with Crippen LogP contribution in [0.1, 0.15) is 33.6 Å². The van der Waals surface area contributed by atoms with E-state index in [0.29, 0.717) is 0 Å². The van der Waals surface area contributed by atoms with Crippen LogP contribution in [0.3, 0.4) is 0 Å². The van der Waals surface area contributed by atoms with Gasteiger partial charge in [0.05, 0.1) is 0 Å². The Morgan fingerprint density at radius 1 is 1.40 bits per heavy atom. The van der Waals surface area contributed by atoms with Crippen molar-refractivity contribution >= 4 is 0 Å². The second kappa shape index (κ2) is 4.69. The van der Waals surface area contributed by atoms with E-state index in [9.17, 15) is 0 Å². The second-order valence-corrected chi connectivity index (χ2v) is 2.95. The molecule has 1 atom stereocenters. The van der Waals surface area contributed by atoms with E-state index in [4.69, 9.17) is 10.5 Å². The highest BCUT2D eigenvalue weighted by Crippen LogP contribution is 2.09. The Balaban J connectivity index is 3.28. The Kier molecular flexibility index (Phi) is 4.65. The maximum Gasteiger partial charge on any atom is 0.0483 e. The molecule has 0 amide bonds. The molecule has 0 aliphatic rings. The molecule has 0 saturated carbocycles. The molecule has 62 valence electrons. The molecule has 0 rings (SSSR count). The van der Waals surface area contributed by atoms with E-state index in [1.807, 2.05) is 6.92 Å². The predicted octanol–water partition coefficient (Wildman–Crippen LogP) is 1.54. The highest BCUT2D eigenvalue weighted by Gasteiger charge is 2.14. The Bertz CT molecular complexity index is 81.3. The average molecular weight is 145 g/mol. The smallest absolute Gasteiger partial charge is 0.0483 e. The van der Waals surface area contributed by atoms with E-state index in [0.717, 1.165) is 26.1 Å². The molecule has 0 fully saturated rings. The molecule has 1 unspecified atom stereocenters. The lowest BCUT2D eigenvalue weighted by Gasteiger charge is -2.21. The van der Waals surface area contributed by atoms with Crippen LogP contribution in [0, 0.1) is 0 Å². The number of nitrogens with two attached hydrogens (primary N) is 1.